The summed E-state index contributed by atoms with van der Waals surface area (Å²) in [7, 11) is 1.59. The molecule has 2 aliphatic rings. The number of para-hydroxylation sites is 2. The minimum atomic E-state index is -0.751. The van der Waals surface area contributed by atoms with Gasteiger partial charge in [-0.05, 0) is 59.2 Å². The van der Waals surface area contributed by atoms with Gasteiger partial charge in [0.05, 0.1) is 18.4 Å². The molecule has 4 aromatic carbocycles. The van der Waals surface area contributed by atoms with Crippen LogP contribution in [0.4, 0.5) is 10.5 Å². The van der Waals surface area contributed by atoms with Crippen molar-refractivity contribution in [3.8, 4) is 5.75 Å². The van der Waals surface area contributed by atoms with Gasteiger partial charge >= 0.3 is 6.03 Å². The second-order valence-corrected chi connectivity index (χ2v) is 11.1. The molecule has 4 amide bonds. The van der Waals surface area contributed by atoms with E-state index in [-0.39, 0.29) is 29.6 Å². The minimum Gasteiger partial charge on any atom is -0.497 e. The van der Waals surface area contributed by atoms with Crippen LogP contribution in [0.1, 0.15) is 38.8 Å². The summed E-state index contributed by atoms with van der Waals surface area (Å²) in [5.41, 5.74) is 4.95. The number of hydrogen-bond acceptors (Lipinski definition) is 4. The third-order valence-electron chi connectivity index (χ3n) is 8.22. The van der Waals surface area contributed by atoms with E-state index < -0.39 is 18.1 Å². The van der Waals surface area contributed by atoms with Crippen molar-refractivity contribution >= 4 is 46.0 Å². The highest BCUT2D eigenvalue weighted by Gasteiger charge is 2.53. The number of aromatic nitrogens is 1. The first-order chi connectivity index (χ1) is 20.9. The zero-order valence-electron chi connectivity index (χ0n) is 23.2. The molecule has 43 heavy (non-hydrogen) atoms. The maximum Gasteiger partial charge on any atom is 0.332 e. The standard InChI is InChI=1S/C34H27ClN4O4/c1-43-23-15-13-20(14-16-23)19-36-32(40)25-10-3-5-12-28(25)39-33(41)29-18-26-24-9-2-4-11-27(24)37-30(26)31(38(29)34(39)42)21-7-6-8-22(35)17-21/h2-17,29,31,37H,18-19H2,1H3,(H,36,40)/t29-,31+/m0/s1. The van der Waals surface area contributed by atoms with Crippen LogP contribution in [0.25, 0.3) is 10.9 Å². The van der Waals surface area contributed by atoms with Gasteiger partial charge in [0.25, 0.3) is 11.8 Å². The number of carbonyl (C=O) groups is 3. The molecule has 5 aromatic rings. The van der Waals surface area contributed by atoms with Crippen molar-refractivity contribution in [2.75, 3.05) is 12.0 Å². The quantitative estimate of drug-likeness (QED) is 0.229. The molecule has 8 nitrogen and oxygen atoms in total. The first-order valence-corrected chi connectivity index (χ1v) is 14.3. The van der Waals surface area contributed by atoms with Gasteiger partial charge in [-0.15, -0.1) is 0 Å². The van der Waals surface area contributed by atoms with Gasteiger partial charge in [0.15, 0.2) is 0 Å². The zero-order valence-corrected chi connectivity index (χ0v) is 24.0. The van der Waals surface area contributed by atoms with E-state index in [1.807, 2.05) is 66.7 Å². The number of halogens is 1. The maximum absolute atomic E-state index is 14.3. The van der Waals surface area contributed by atoms with Gasteiger partial charge in [-0.25, -0.2) is 9.69 Å². The number of anilines is 1. The molecule has 0 bridgehead atoms. The number of fused-ring (bicyclic) bond motifs is 4. The fourth-order valence-corrected chi connectivity index (χ4v) is 6.40. The van der Waals surface area contributed by atoms with Crippen molar-refractivity contribution in [2.24, 2.45) is 0 Å². The molecule has 0 spiro atoms. The van der Waals surface area contributed by atoms with E-state index in [0.717, 1.165) is 43.9 Å². The zero-order chi connectivity index (χ0) is 29.7. The molecule has 2 aliphatic heterocycles. The number of urea groups is 1. The van der Waals surface area contributed by atoms with E-state index in [4.69, 9.17) is 16.3 Å². The first kappa shape index (κ1) is 26.8. The molecular formula is C34H27ClN4O4. The number of amides is 4. The third kappa shape index (κ3) is 4.51. The van der Waals surface area contributed by atoms with Gasteiger partial charge in [-0.3, -0.25) is 14.5 Å². The smallest absolute Gasteiger partial charge is 0.332 e. The Labute approximate surface area is 252 Å². The fourth-order valence-electron chi connectivity index (χ4n) is 6.20. The fraction of sp³-hybridized carbons (Fsp3) is 0.147. The Hall–Kier alpha value is -5.08. The van der Waals surface area contributed by atoms with Gasteiger partial charge in [0, 0.05) is 34.6 Å². The predicted molar refractivity (Wildman–Crippen MR) is 164 cm³/mol. The number of carbonyl (C=O) groups excluding carboxylic acids is 3. The number of nitrogens with one attached hydrogen (secondary N) is 2. The number of hydrogen-bond donors (Lipinski definition) is 2. The van der Waals surface area contributed by atoms with E-state index in [1.54, 1.807) is 42.3 Å². The summed E-state index contributed by atoms with van der Waals surface area (Å²) in [4.78, 5) is 48.2. The molecule has 7 rings (SSSR count). The van der Waals surface area contributed by atoms with Gasteiger partial charge in [0.1, 0.15) is 17.8 Å². The number of rotatable bonds is 6. The Balaban J connectivity index is 1.25. The molecule has 1 fully saturated rings. The molecule has 0 aliphatic carbocycles. The van der Waals surface area contributed by atoms with Crippen LogP contribution in [0.15, 0.2) is 97.1 Å². The Morgan fingerprint density at radius 1 is 0.977 bits per heavy atom. The average Bonchev–Trinajstić information content (AvgIpc) is 3.52. The lowest BCUT2D eigenvalue weighted by molar-refractivity contribution is -0.120. The van der Waals surface area contributed by atoms with Crippen LogP contribution in [-0.2, 0) is 17.8 Å². The van der Waals surface area contributed by atoms with E-state index in [0.29, 0.717) is 11.4 Å². The van der Waals surface area contributed by atoms with E-state index >= 15 is 0 Å². The van der Waals surface area contributed by atoms with Crippen molar-refractivity contribution in [2.45, 2.75) is 25.0 Å². The van der Waals surface area contributed by atoms with E-state index in [2.05, 4.69) is 10.3 Å². The number of benzene rings is 4. The SMILES string of the molecule is COc1ccc(CNC(=O)c2ccccc2N2C(=O)[C@@H]3Cc4c([nH]c5ccccc45)[C@@H](c4cccc(Cl)c4)N3C2=O)cc1. The van der Waals surface area contributed by atoms with Crippen LogP contribution in [0.3, 0.4) is 0 Å². The Morgan fingerprint density at radius 2 is 1.74 bits per heavy atom. The van der Waals surface area contributed by atoms with Gasteiger partial charge in [-0.1, -0.05) is 66.2 Å². The minimum absolute atomic E-state index is 0.237. The summed E-state index contributed by atoms with van der Waals surface area (Å²) in [6, 6.07) is 27.6. The van der Waals surface area contributed by atoms with Crippen molar-refractivity contribution < 1.29 is 19.1 Å². The third-order valence-corrected chi connectivity index (χ3v) is 8.45. The van der Waals surface area contributed by atoms with Crippen LogP contribution in [0.2, 0.25) is 5.02 Å². The summed E-state index contributed by atoms with van der Waals surface area (Å²) in [5.74, 6) is -0.0407. The summed E-state index contributed by atoms with van der Waals surface area (Å²) in [6.45, 7) is 0.270. The van der Waals surface area contributed by atoms with Gasteiger partial charge in [-0.2, -0.15) is 0 Å². The van der Waals surface area contributed by atoms with Crippen molar-refractivity contribution in [1.82, 2.24) is 15.2 Å². The number of methoxy groups -OCH3 is 1. The molecule has 214 valence electrons. The molecule has 2 N–H and O–H groups in total. The van der Waals surface area contributed by atoms with E-state index in [9.17, 15) is 14.4 Å². The van der Waals surface area contributed by atoms with Gasteiger partial charge < -0.3 is 15.0 Å². The number of imide groups is 1. The summed E-state index contributed by atoms with van der Waals surface area (Å²) < 4.78 is 5.21. The molecule has 3 heterocycles. The van der Waals surface area contributed by atoms with Crippen molar-refractivity contribution in [3.63, 3.8) is 0 Å². The van der Waals surface area contributed by atoms with Crippen LogP contribution in [-0.4, -0.2) is 40.9 Å². The summed E-state index contributed by atoms with van der Waals surface area (Å²) in [5, 5.41) is 4.47. The highest BCUT2D eigenvalue weighted by atomic mass is 35.5. The lowest BCUT2D eigenvalue weighted by Gasteiger charge is -2.36. The van der Waals surface area contributed by atoms with Crippen LogP contribution in [0.5, 0.6) is 5.75 Å². The molecule has 0 unspecified atom stereocenters. The highest BCUT2D eigenvalue weighted by molar-refractivity contribution is 6.30. The van der Waals surface area contributed by atoms with Crippen LogP contribution in [0, 0.1) is 0 Å². The molecule has 1 aromatic heterocycles. The molecule has 2 atom stereocenters. The molecule has 1 saturated heterocycles. The molecule has 0 saturated carbocycles. The topological polar surface area (TPSA) is 94.7 Å². The highest BCUT2D eigenvalue weighted by Crippen LogP contribution is 2.45. The molecule has 0 radical (unpaired) electrons. The second kappa shape index (κ2) is 10.6. The number of nitrogens with zero attached hydrogens (tertiary/aromatic N) is 2. The largest absolute Gasteiger partial charge is 0.497 e. The molecule has 9 heteroatoms. The lowest BCUT2D eigenvalue weighted by atomic mass is 9.89. The maximum atomic E-state index is 14.3. The number of aromatic amines is 1. The predicted octanol–water partition coefficient (Wildman–Crippen LogP) is 6.24. The summed E-state index contributed by atoms with van der Waals surface area (Å²) in [6.07, 6.45) is 0.351. The van der Waals surface area contributed by atoms with Gasteiger partial charge in [0.2, 0.25) is 0 Å². The normalized spacial score (nSPS) is 17.6. The Bertz CT molecular complexity index is 1900. The Morgan fingerprint density at radius 3 is 2.53 bits per heavy atom. The van der Waals surface area contributed by atoms with E-state index in [1.165, 1.54) is 0 Å². The Kier molecular flexibility index (Phi) is 6.63. The van der Waals surface area contributed by atoms with Crippen LogP contribution >= 0.6 is 11.6 Å². The lowest BCUT2D eigenvalue weighted by Crippen LogP contribution is -2.44. The van der Waals surface area contributed by atoms with Crippen LogP contribution < -0.4 is 15.0 Å². The number of ether oxygens (including phenoxy) is 1. The summed E-state index contributed by atoms with van der Waals surface area (Å²) >= 11 is 6.41. The van der Waals surface area contributed by atoms with Crippen molar-refractivity contribution in [3.05, 3.63) is 130 Å². The first-order valence-electron chi connectivity index (χ1n) is 14.0. The average molecular weight is 591 g/mol. The molecular weight excluding hydrogens is 564 g/mol. The number of H-pyrrole nitrogens is 1. The monoisotopic (exact) mass is 590 g/mol. The van der Waals surface area contributed by atoms with Crippen molar-refractivity contribution in [1.29, 1.82) is 0 Å². The second-order valence-electron chi connectivity index (χ2n) is 10.7.